The summed E-state index contributed by atoms with van der Waals surface area (Å²) in [4.78, 5) is 2.68. The Morgan fingerprint density at radius 3 is 2.89 bits per heavy atom. The van der Waals surface area contributed by atoms with Gasteiger partial charge in [-0.2, -0.15) is 0 Å². The molecule has 3 atom stereocenters. The van der Waals surface area contributed by atoms with Gasteiger partial charge < -0.3 is 10.1 Å². The molecule has 0 radical (unpaired) electrons. The zero-order valence-electron chi connectivity index (χ0n) is 13.0. The second-order valence-corrected chi connectivity index (χ2v) is 6.86. The average Bonchev–Trinajstić information content (AvgIpc) is 2.85. The van der Waals surface area contributed by atoms with Crippen LogP contribution in [0.15, 0.2) is 0 Å². The lowest BCUT2D eigenvalue weighted by Gasteiger charge is -2.39. The molecule has 2 aliphatic rings. The first-order chi connectivity index (χ1) is 9.15. The number of hydrogen-bond acceptors (Lipinski definition) is 3. The minimum atomic E-state index is 0.560. The molecule has 0 aliphatic carbocycles. The second kappa shape index (κ2) is 7.61. The van der Waals surface area contributed by atoms with Gasteiger partial charge in [0.1, 0.15) is 0 Å². The van der Waals surface area contributed by atoms with E-state index < -0.39 is 0 Å². The molecule has 0 saturated carbocycles. The summed E-state index contributed by atoms with van der Waals surface area (Å²) in [5, 5.41) is 3.70. The molecule has 3 unspecified atom stereocenters. The van der Waals surface area contributed by atoms with Crippen LogP contribution in [-0.2, 0) is 4.74 Å². The first-order valence-electron chi connectivity index (χ1n) is 8.24. The molecule has 3 nitrogen and oxygen atoms in total. The van der Waals surface area contributed by atoms with Crippen molar-refractivity contribution in [3.05, 3.63) is 0 Å². The Hall–Kier alpha value is -0.120. The summed E-state index contributed by atoms with van der Waals surface area (Å²) in [6.07, 6.45) is 6.96. The molecule has 3 heteroatoms. The predicted molar refractivity (Wildman–Crippen MR) is 80.5 cm³/mol. The van der Waals surface area contributed by atoms with Gasteiger partial charge in [-0.15, -0.1) is 0 Å². The minimum Gasteiger partial charge on any atom is -0.378 e. The maximum atomic E-state index is 5.71. The molecule has 2 saturated heterocycles. The Morgan fingerprint density at radius 1 is 1.37 bits per heavy atom. The van der Waals surface area contributed by atoms with Crippen LogP contribution < -0.4 is 5.32 Å². The quantitative estimate of drug-likeness (QED) is 0.801. The number of ether oxygens (including phenoxy) is 1. The van der Waals surface area contributed by atoms with Crippen LogP contribution in [0.25, 0.3) is 0 Å². The van der Waals surface area contributed by atoms with Gasteiger partial charge in [-0.05, 0) is 51.5 Å². The van der Waals surface area contributed by atoms with E-state index in [1.807, 2.05) is 0 Å². The van der Waals surface area contributed by atoms with Gasteiger partial charge in [0.2, 0.25) is 0 Å². The van der Waals surface area contributed by atoms with Gasteiger partial charge in [0.05, 0.1) is 6.10 Å². The van der Waals surface area contributed by atoms with E-state index >= 15 is 0 Å². The number of nitrogens with zero attached hydrogens (tertiary/aromatic N) is 1. The van der Waals surface area contributed by atoms with Crippen LogP contribution >= 0.6 is 0 Å². The maximum Gasteiger partial charge on any atom is 0.0576 e. The van der Waals surface area contributed by atoms with Gasteiger partial charge in [-0.25, -0.2) is 0 Å². The molecular formula is C16H32N2O. The SMILES string of the molecule is CC(C)CC1CN(CCCC2CCCO2)C(C)CN1. The highest BCUT2D eigenvalue weighted by Crippen LogP contribution is 2.18. The highest BCUT2D eigenvalue weighted by Gasteiger charge is 2.25. The molecule has 0 aromatic heterocycles. The molecule has 2 rings (SSSR count). The van der Waals surface area contributed by atoms with Crippen LogP contribution in [0.3, 0.4) is 0 Å². The van der Waals surface area contributed by atoms with Crippen molar-refractivity contribution in [2.75, 3.05) is 26.2 Å². The standard InChI is InChI=1S/C16H32N2O/c1-13(2)10-15-12-18(14(3)11-17-15)8-4-6-16-7-5-9-19-16/h13-17H,4-12H2,1-3H3. The van der Waals surface area contributed by atoms with E-state index in [2.05, 4.69) is 31.0 Å². The lowest BCUT2D eigenvalue weighted by atomic mass is 9.99. The number of piperazine rings is 1. The van der Waals surface area contributed by atoms with E-state index in [0.717, 1.165) is 19.1 Å². The van der Waals surface area contributed by atoms with Crippen LogP contribution in [0.5, 0.6) is 0 Å². The van der Waals surface area contributed by atoms with Crippen molar-refractivity contribution >= 4 is 0 Å². The van der Waals surface area contributed by atoms with Crippen LogP contribution in [0, 0.1) is 5.92 Å². The molecule has 2 heterocycles. The highest BCUT2D eigenvalue weighted by molar-refractivity contribution is 4.84. The Bertz CT molecular complexity index is 251. The van der Waals surface area contributed by atoms with Crippen molar-refractivity contribution in [3.8, 4) is 0 Å². The second-order valence-electron chi connectivity index (χ2n) is 6.86. The minimum absolute atomic E-state index is 0.560. The van der Waals surface area contributed by atoms with Crippen LogP contribution in [0.2, 0.25) is 0 Å². The van der Waals surface area contributed by atoms with E-state index in [1.54, 1.807) is 0 Å². The van der Waals surface area contributed by atoms with E-state index in [1.165, 1.54) is 45.2 Å². The molecule has 0 aromatic rings. The van der Waals surface area contributed by atoms with Crippen molar-refractivity contribution < 1.29 is 4.74 Å². The third kappa shape index (κ3) is 5.05. The van der Waals surface area contributed by atoms with Crippen molar-refractivity contribution in [2.45, 2.75) is 71.1 Å². The summed E-state index contributed by atoms with van der Waals surface area (Å²) >= 11 is 0. The molecular weight excluding hydrogens is 236 g/mol. The molecule has 112 valence electrons. The molecule has 0 aromatic carbocycles. The smallest absolute Gasteiger partial charge is 0.0576 e. The van der Waals surface area contributed by atoms with E-state index in [0.29, 0.717) is 18.2 Å². The molecule has 1 N–H and O–H groups in total. The van der Waals surface area contributed by atoms with Gasteiger partial charge in [0.25, 0.3) is 0 Å². The Morgan fingerprint density at radius 2 is 2.21 bits per heavy atom. The summed E-state index contributed by atoms with van der Waals surface area (Å²) in [6, 6.07) is 1.38. The Kier molecular flexibility index (Phi) is 6.11. The fraction of sp³-hybridized carbons (Fsp3) is 1.00. The van der Waals surface area contributed by atoms with E-state index in [-0.39, 0.29) is 0 Å². The summed E-state index contributed by atoms with van der Waals surface area (Å²) in [6.45, 7) is 11.6. The predicted octanol–water partition coefficient (Wildman–Crippen LogP) is 2.65. The van der Waals surface area contributed by atoms with Crippen LogP contribution in [-0.4, -0.2) is 49.3 Å². The number of rotatable bonds is 6. The van der Waals surface area contributed by atoms with Gasteiger partial charge in [0.15, 0.2) is 0 Å². The van der Waals surface area contributed by atoms with Gasteiger partial charge in [-0.3, -0.25) is 4.90 Å². The Labute approximate surface area is 119 Å². The fourth-order valence-corrected chi connectivity index (χ4v) is 3.43. The van der Waals surface area contributed by atoms with E-state index in [9.17, 15) is 0 Å². The Balaban J connectivity index is 1.67. The van der Waals surface area contributed by atoms with Crippen molar-refractivity contribution in [1.82, 2.24) is 10.2 Å². The van der Waals surface area contributed by atoms with Crippen LogP contribution in [0.4, 0.5) is 0 Å². The third-order valence-corrected chi connectivity index (χ3v) is 4.53. The van der Waals surface area contributed by atoms with Crippen molar-refractivity contribution in [1.29, 1.82) is 0 Å². The summed E-state index contributed by atoms with van der Waals surface area (Å²) < 4.78 is 5.71. The molecule has 0 bridgehead atoms. The first kappa shape index (κ1) is 15.3. The summed E-state index contributed by atoms with van der Waals surface area (Å²) in [7, 11) is 0. The summed E-state index contributed by atoms with van der Waals surface area (Å²) in [5.41, 5.74) is 0. The van der Waals surface area contributed by atoms with E-state index in [4.69, 9.17) is 4.74 Å². The third-order valence-electron chi connectivity index (χ3n) is 4.53. The van der Waals surface area contributed by atoms with Gasteiger partial charge in [-0.1, -0.05) is 13.8 Å². The van der Waals surface area contributed by atoms with Crippen molar-refractivity contribution in [2.24, 2.45) is 5.92 Å². The molecule has 19 heavy (non-hydrogen) atoms. The fourth-order valence-electron chi connectivity index (χ4n) is 3.43. The van der Waals surface area contributed by atoms with Crippen molar-refractivity contribution in [3.63, 3.8) is 0 Å². The molecule has 0 amide bonds. The zero-order chi connectivity index (χ0) is 13.7. The van der Waals surface area contributed by atoms with Gasteiger partial charge in [0, 0.05) is 31.8 Å². The normalized spacial score (nSPS) is 33.2. The van der Waals surface area contributed by atoms with Gasteiger partial charge >= 0.3 is 0 Å². The molecule has 2 fully saturated rings. The van der Waals surface area contributed by atoms with Crippen LogP contribution in [0.1, 0.15) is 52.9 Å². The topological polar surface area (TPSA) is 24.5 Å². The average molecular weight is 268 g/mol. The molecule has 2 aliphatic heterocycles. The lowest BCUT2D eigenvalue weighted by molar-refractivity contribution is 0.0888. The lowest BCUT2D eigenvalue weighted by Crippen LogP contribution is -2.55. The number of hydrogen-bond donors (Lipinski definition) is 1. The summed E-state index contributed by atoms with van der Waals surface area (Å²) in [5.74, 6) is 0.791. The zero-order valence-corrected chi connectivity index (χ0v) is 13.0. The number of nitrogens with one attached hydrogen (secondary N) is 1. The monoisotopic (exact) mass is 268 g/mol. The highest BCUT2D eigenvalue weighted by atomic mass is 16.5. The maximum absolute atomic E-state index is 5.71. The molecule has 0 spiro atoms. The largest absolute Gasteiger partial charge is 0.378 e. The first-order valence-corrected chi connectivity index (χ1v) is 8.24.